The monoisotopic (exact) mass is 252 g/mol. The molecule has 18 heavy (non-hydrogen) atoms. The first-order valence-corrected chi connectivity index (χ1v) is 6.02. The molecule has 1 fully saturated rings. The molecule has 0 unspecified atom stereocenters. The highest BCUT2D eigenvalue weighted by Gasteiger charge is 2.31. The van der Waals surface area contributed by atoms with Crippen molar-refractivity contribution in [1.82, 2.24) is 10.2 Å². The van der Waals surface area contributed by atoms with Crippen LogP contribution in [-0.4, -0.2) is 41.8 Å². The summed E-state index contributed by atoms with van der Waals surface area (Å²) in [6.07, 6.45) is -0.547. The highest BCUT2D eigenvalue weighted by Crippen LogP contribution is 2.27. The van der Waals surface area contributed by atoms with Gasteiger partial charge in [-0.1, -0.05) is 12.1 Å². The van der Waals surface area contributed by atoms with E-state index in [4.69, 9.17) is 5.11 Å². The van der Waals surface area contributed by atoms with E-state index in [9.17, 15) is 9.18 Å². The number of benzene rings is 1. The average Bonchev–Trinajstić information content (AvgIpc) is 2.24. The summed E-state index contributed by atoms with van der Waals surface area (Å²) in [5.74, 6) is -0.0393. The van der Waals surface area contributed by atoms with Crippen LogP contribution in [0.15, 0.2) is 24.3 Å². The number of hydrogen-bond acceptors (Lipinski definition) is 2. The Balaban J connectivity index is 1.81. The highest BCUT2D eigenvalue weighted by atomic mass is 19.1. The molecule has 2 amide bonds. The maximum Gasteiger partial charge on any atom is 0.317 e. The summed E-state index contributed by atoms with van der Waals surface area (Å²) in [5, 5.41) is 11.7. The van der Waals surface area contributed by atoms with Crippen molar-refractivity contribution < 1.29 is 14.3 Å². The van der Waals surface area contributed by atoms with Crippen molar-refractivity contribution in [2.75, 3.05) is 19.6 Å². The van der Waals surface area contributed by atoms with E-state index in [0.717, 1.165) is 5.56 Å². The number of aliphatic hydroxyl groups excluding tert-OH is 1. The van der Waals surface area contributed by atoms with Crippen LogP contribution >= 0.6 is 0 Å². The lowest BCUT2D eigenvalue weighted by Gasteiger charge is -2.39. The molecule has 4 nitrogen and oxygen atoms in total. The predicted octanol–water partition coefficient (Wildman–Crippen LogP) is 1.32. The molecule has 0 aromatic heterocycles. The van der Waals surface area contributed by atoms with Crippen molar-refractivity contribution in [3.8, 4) is 0 Å². The molecular formula is C13H17FN2O2. The molecular weight excluding hydrogens is 235 g/mol. The number of halogens is 1. The van der Waals surface area contributed by atoms with Crippen LogP contribution in [0.3, 0.4) is 0 Å². The van der Waals surface area contributed by atoms with E-state index in [0.29, 0.717) is 13.1 Å². The number of nitrogens with one attached hydrogen (secondary N) is 1. The number of likely N-dealkylation sites (tertiary alicyclic amines) is 1. The Kier molecular flexibility index (Phi) is 3.81. The van der Waals surface area contributed by atoms with Gasteiger partial charge >= 0.3 is 6.03 Å². The van der Waals surface area contributed by atoms with Gasteiger partial charge in [0.2, 0.25) is 0 Å². The third-order valence-corrected chi connectivity index (χ3v) is 3.04. The van der Waals surface area contributed by atoms with Crippen molar-refractivity contribution >= 4 is 6.03 Å². The number of amides is 2. The smallest absolute Gasteiger partial charge is 0.317 e. The number of carbonyl (C=O) groups is 1. The van der Waals surface area contributed by atoms with Crippen LogP contribution in [-0.2, 0) is 0 Å². The summed E-state index contributed by atoms with van der Waals surface area (Å²) < 4.78 is 13.0. The van der Waals surface area contributed by atoms with Crippen molar-refractivity contribution in [2.24, 2.45) is 0 Å². The van der Waals surface area contributed by atoms with E-state index in [1.807, 2.05) is 6.07 Å². The molecule has 1 aliphatic rings. The van der Waals surface area contributed by atoms with E-state index in [2.05, 4.69) is 5.32 Å². The quantitative estimate of drug-likeness (QED) is 0.852. The lowest BCUT2D eigenvalue weighted by molar-refractivity contribution is 0.141. The summed E-state index contributed by atoms with van der Waals surface area (Å²) >= 11 is 0. The van der Waals surface area contributed by atoms with Gasteiger partial charge in [0.1, 0.15) is 5.82 Å². The number of aliphatic hydroxyl groups is 1. The van der Waals surface area contributed by atoms with Crippen molar-refractivity contribution in [2.45, 2.75) is 18.9 Å². The minimum absolute atomic E-state index is 0.177. The molecule has 0 aliphatic carbocycles. The van der Waals surface area contributed by atoms with Crippen molar-refractivity contribution in [3.05, 3.63) is 35.6 Å². The van der Waals surface area contributed by atoms with E-state index < -0.39 is 6.10 Å². The molecule has 1 atom stereocenters. The summed E-state index contributed by atoms with van der Waals surface area (Å²) in [4.78, 5) is 13.3. The van der Waals surface area contributed by atoms with E-state index in [-0.39, 0.29) is 24.3 Å². The lowest BCUT2D eigenvalue weighted by atomic mass is 9.92. The fourth-order valence-electron chi connectivity index (χ4n) is 1.96. The van der Waals surface area contributed by atoms with E-state index in [1.54, 1.807) is 17.9 Å². The van der Waals surface area contributed by atoms with Gasteiger partial charge in [0.25, 0.3) is 0 Å². The van der Waals surface area contributed by atoms with Crippen LogP contribution in [0.25, 0.3) is 0 Å². The topological polar surface area (TPSA) is 52.6 Å². The first-order valence-electron chi connectivity index (χ1n) is 6.02. The second kappa shape index (κ2) is 5.35. The maximum absolute atomic E-state index is 13.0. The molecule has 1 saturated heterocycles. The second-order valence-electron chi connectivity index (χ2n) is 4.69. The molecule has 1 aromatic carbocycles. The molecule has 0 radical (unpaired) electrons. The highest BCUT2D eigenvalue weighted by molar-refractivity contribution is 5.75. The second-order valence-corrected chi connectivity index (χ2v) is 4.69. The predicted molar refractivity (Wildman–Crippen MR) is 65.8 cm³/mol. The molecule has 1 aromatic rings. The Morgan fingerprint density at radius 1 is 1.61 bits per heavy atom. The van der Waals surface area contributed by atoms with Gasteiger partial charge in [-0.25, -0.2) is 9.18 Å². The third-order valence-electron chi connectivity index (χ3n) is 3.04. The largest absolute Gasteiger partial charge is 0.392 e. The molecule has 98 valence electrons. The van der Waals surface area contributed by atoms with Crippen LogP contribution in [0.4, 0.5) is 9.18 Å². The fraction of sp³-hybridized carbons (Fsp3) is 0.462. The third kappa shape index (κ3) is 2.98. The summed E-state index contributed by atoms with van der Waals surface area (Å²) in [5.41, 5.74) is 0.926. The zero-order valence-electron chi connectivity index (χ0n) is 10.3. The van der Waals surface area contributed by atoms with E-state index >= 15 is 0 Å². The Labute approximate surface area is 105 Å². The number of urea groups is 1. The van der Waals surface area contributed by atoms with Crippen LogP contribution in [0.1, 0.15) is 18.4 Å². The van der Waals surface area contributed by atoms with Gasteiger partial charge in [-0.05, 0) is 24.6 Å². The van der Waals surface area contributed by atoms with Crippen molar-refractivity contribution in [3.63, 3.8) is 0 Å². The zero-order chi connectivity index (χ0) is 13.1. The molecule has 0 bridgehead atoms. The fourth-order valence-corrected chi connectivity index (χ4v) is 1.96. The first kappa shape index (κ1) is 12.8. The zero-order valence-corrected chi connectivity index (χ0v) is 10.3. The normalized spacial score (nSPS) is 17.2. The molecule has 1 heterocycles. The minimum atomic E-state index is -0.547. The SMILES string of the molecule is C[C@@H](O)CNC(=O)N1CC(c2cccc(F)c2)C1. The Morgan fingerprint density at radius 3 is 2.94 bits per heavy atom. The molecule has 2 rings (SSSR count). The maximum atomic E-state index is 13.0. The Hall–Kier alpha value is -1.62. The van der Waals surface area contributed by atoms with Gasteiger partial charge in [0.15, 0.2) is 0 Å². The molecule has 2 N–H and O–H groups in total. The summed E-state index contributed by atoms with van der Waals surface area (Å²) in [7, 11) is 0. The van der Waals surface area contributed by atoms with Gasteiger partial charge in [0.05, 0.1) is 6.10 Å². The van der Waals surface area contributed by atoms with E-state index in [1.165, 1.54) is 12.1 Å². The molecule has 0 saturated carbocycles. The molecule has 1 aliphatic heterocycles. The first-order chi connectivity index (χ1) is 8.56. The van der Waals surface area contributed by atoms with Gasteiger partial charge in [0, 0.05) is 25.6 Å². The number of nitrogens with zero attached hydrogens (tertiary/aromatic N) is 1. The van der Waals surface area contributed by atoms with Gasteiger partial charge < -0.3 is 15.3 Å². The average molecular weight is 252 g/mol. The number of hydrogen-bond donors (Lipinski definition) is 2. The van der Waals surface area contributed by atoms with Crippen molar-refractivity contribution in [1.29, 1.82) is 0 Å². The Bertz CT molecular complexity index is 431. The minimum Gasteiger partial charge on any atom is -0.392 e. The van der Waals surface area contributed by atoms with Crippen LogP contribution in [0.2, 0.25) is 0 Å². The van der Waals surface area contributed by atoms with Gasteiger partial charge in [-0.3, -0.25) is 0 Å². The number of rotatable bonds is 3. The number of carbonyl (C=O) groups excluding carboxylic acids is 1. The van der Waals surface area contributed by atoms with Crippen LogP contribution < -0.4 is 5.32 Å². The Morgan fingerprint density at radius 2 is 2.33 bits per heavy atom. The lowest BCUT2D eigenvalue weighted by Crippen LogP contribution is -2.53. The summed E-state index contributed by atoms with van der Waals surface area (Å²) in [6.45, 7) is 3.05. The van der Waals surface area contributed by atoms with Crippen LogP contribution in [0, 0.1) is 5.82 Å². The molecule has 5 heteroatoms. The van der Waals surface area contributed by atoms with Crippen LogP contribution in [0.5, 0.6) is 0 Å². The molecule has 0 spiro atoms. The summed E-state index contributed by atoms with van der Waals surface area (Å²) in [6, 6.07) is 6.30. The van der Waals surface area contributed by atoms with Gasteiger partial charge in [-0.2, -0.15) is 0 Å². The van der Waals surface area contributed by atoms with Gasteiger partial charge in [-0.15, -0.1) is 0 Å². The standard InChI is InChI=1S/C13H17FN2O2/c1-9(17)6-15-13(18)16-7-11(8-16)10-3-2-4-12(14)5-10/h2-5,9,11,17H,6-8H2,1H3,(H,15,18)/t9-/m1/s1.